The molecule has 4 N–H and O–H groups in total. The molecule has 7 heteroatoms. The Morgan fingerprint density at radius 2 is 1.35 bits per heavy atom. The molecule has 0 aliphatic carbocycles. The van der Waals surface area contributed by atoms with E-state index in [0.29, 0.717) is 0 Å². The first-order valence-electron chi connectivity index (χ1n) is 5.03. The maximum atomic E-state index is 10.8. The largest absolute Gasteiger partial charge is 0.398 e. The topological polar surface area (TPSA) is 86.2 Å². The summed E-state index contributed by atoms with van der Waals surface area (Å²) in [6.07, 6.45) is 0. The molecule has 0 aliphatic heterocycles. The molecule has 0 heterocycles. The van der Waals surface area contributed by atoms with E-state index in [0.717, 1.165) is 0 Å². The highest BCUT2D eigenvalue weighted by atomic mass is 128. The molecule has 0 spiro atoms. The van der Waals surface area contributed by atoms with E-state index in [1.54, 1.807) is 12.1 Å². The summed E-state index contributed by atoms with van der Waals surface area (Å²) in [5, 5.41) is 4.85. The standard InChI is InChI=1S/C6H8N2O2S.2C2H6.I2/c7-5-3-1-2-4-6(5)11(8,9)10;3*1-2/h1-4H,7H2,(H2,8,9,10);2*1-2H3;. The van der Waals surface area contributed by atoms with Crippen molar-refractivity contribution in [1.82, 2.24) is 0 Å². The van der Waals surface area contributed by atoms with Gasteiger partial charge in [0.25, 0.3) is 0 Å². The van der Waals surface area contributed by atoms with Gasteiger partial charge in [0, 0.05) is 37.2 Å². The second kappa shape index (κ2) is 14.5. The fourth-order valence-corrected chi connectivity index (χ4v) is 1.40. The molecular formula is C10H20I2N2O2S. The molecular weight excluding hydrogens is 466 g/mol. The SMILES string of the molecule is CC.CC.II.Nc1ccccc1S(N)(=O)=O. The molecule has 1 aromatic rings. The number of sulfonamides is 1. The number of para-hydroxylation sites is 1. The normalized spacial score (nSPS) is 8.41. The second-order valence-corrected chi connectivity index (χ2v) is 3.61. The van der Waals surface area contributed by atoms with Crippen molar-refractivity contribution in [1.29, 1.82) is 0 Å². The molecule has 0 saturated heterocycles. The summed E-state index contributed by atoms with van der Waals surface area (Å²) < 4.78 is 21.5. The van der Waals surface area contributed by atoms with E-state index in [2.05, 4.69) is 37.2 Å². The fourth-order valence-electron chi connectivity index (χ4n) is 0.740. The molecule has 1 aromatic carbocycles. The first kappa shape index (κ1) is 22.6. The lowest BCUT2D eigenvalue weighted by Crippen LogP contribution is -2.13. The third kappa shape index (κ3) is 11.2. The van der Waals surface area contributed by atoms with Gasteiger partial charge in [-0.2, -0.15) is 0 Å². The Balaban J connectivity index is -0.000000285. The monoisotopic (exact) mass is 486 g/mol. The summed E-state index contributed by atoms with van der Waals surface area (Å²) in [5.41, 5.74) is 5.52. The maximum Gasteiger partial charge on any atom is 0.240 e. The van der Waals surface area contributed by atoms with Crippen LogP contribution in [-0.2, 0) is 10.0 Å². The summed E-state index contributed by atoms with van der Waals surface area (Å²) in [6.45, 7) is 8.00. The number of halogens is 2. The van der Waals surface area contributed by atoms with E-state index < -0.39 is 10.0 Å². The molecule has 0 aromatic heterocycles. The molecule has 0 saturated carbocycles. The van der Waals surface area contributed by atoms with Gasteiger partial charge in [0.05, 0.1) is 5.69 Å². The van der Waals surface area contributed by atoms with Gasteiger partial charge in [0.15, 0.2) is 0 Å². The van der Waals surface area contributed by atoms with E-state index >= 15 is 0 Å². The molecule has 102 valence electrons. The molecule has 0 bridgehead atoms. The van der Waals surface area contributed by atoms with Gasteiger partial charge in [-0.3, -0.25) is 0 Å². The maximum absolute atomic E-state index is 10.8. The van der Waals surface area contributed by atoms with Crippen LogP contribution in [0, 0.1) is 0 Å². The zero-order chi connectivity index (χ0) is 14.5. The number of anilines is 1. The van der Waals surface area contributed by atoms with Crippen molar-refractivity contribution in [2.45, 2.75) is 32.6 Å². The van der Waals surface area contributed by atoms with Gasteiger partial charge in [-0.1, -0.05) is 39.8 Å². The average Bonchev–Trinajstić information content (AvgIpc) is 2.36. The van der Waals surface area contributed by atoms with Crippen molar-refractivity contribution in [2.24, 2.45) is 5.14 Å². The van der Waals surface area contributed by atoms with Crippen LogP contribution in [0.2, 0.25) is 0 Å². The minimum Gasteiger partial charge on any atom is -0.398 e. The predicted octanol–water partition coefficient (Wildman–Crippen LogP) is 3.74. The molecule has 17 heavy (non-hydrogen) atoms. The van der Waals surface area contributed by atoms with Crippen LogP contribution in [-0.4, -0.2) is 8.42 Å². The predicted molar refractivity (Wildman–Crippen MR) is 93.0 cm³/mol. The summed E-state index contributed by atoms with van der Waals surface area (Å²) in [4.78, 5) is -0.0278. The Morgan fingerprint density at radius 3 is 1.59 bits per heavy atom. The highest BCUT2D eigenvalue weighted by molar-refractivity contribution is 15.0. The first-order chi connectivity index (χ1) is 8.02. The van der Waals surface area contributed by atoms with Gasteiger partial charge in [-0.25, -0.2) is 13.6 Å². The fraction of sp³-hybridized carbons (Fsp3) is 0.400. The van der Waals surface area contributed by atoms with Crippen molar-refractivity contribution < 1.29 is 8.42 Å². The highest BCUT2D eigenvalue weighted by Gasteiger charge is 2.09. The van der Waals surface area contributed by atoms with E-state index in [4.69, 9.17) is 10.9 Å². The molecule has 0 unspecified atom stereocenters. The van der Waals surface area contributed by atoms with Crippen LogP contribution in [0.1, 0.15) is 27.7 Å². The second-order valence-electron chi connectivity index (χ2n) is 2.08. The molecule has 1 rings (SSSR count). The lowest BCUT2D eigenvalue weighted by atomic mass is 10.3. The van der Waals surface area contributed by atoms with E-state index in [-0.39, 0.29) is 10.6 Å². The zero-order valence-corrected chi connectivity index (χ0v) is 15.6. The number of benzene rings is 1. The summed E-state index contributed by atoms with van der Waals surface area (Å²) in [6, 6.07) is 6.06. The minimum absolute atomic E-state index is 0.0278. The quantitative estimate of drug-likeness (QED) is 0.469. The summed E-state index contributed by atoms with van der Waals surface area (Å²) >= 11 is 4.24. The zero-order valence-electron chi connectivity index (χ0n) is 10.4. The van der Waals surface area contributed by atoms with Crippen molar-refractivity contribution in [3.05, 3.63) is 24.3 Å². The van der Waals surface area contributed by atoms with Crippen molar-refractivity contribution in [2.75, 3.05) is 5.73 Å². The van der Waals surface area contributed by atoms with Crippen LogP contribution >= 0.6 is 37.2 Å². The van der Waals surface area contributed by atoms with Crippen LogP contribution in [0.5, 0.6) is 0 Å². The molecule has 0 fully saturated rings. The van der Waals surface area contributed by atoms with Crippen LogP contribution in [0.4, 0.5) is 5.69 Å². The summed E-state index contributed by atoms with van der Waals surface area (Å²) in [5.74, 6) is 0. The first-order valence-corrected chi connectivity index (χ1v) is 12.9. The van der Waals surface area contributed by atoms with Gasteiger partial charge in [-0.15, -0.1) is 0 Å². The van der Waals surface area contributed by atoms with Crippen molar-refractivity contribution in [3.63, 3.8) is 0 Å². The Hall–Kier alpha value is 0.390. The number of rotatable bonds is 1. The van der Waals surface area contributed by atoms with Gasteiger partial charge in [0.2, 0.25) is 10.0 Å². The number of nitrogens with two attached hydrogens (primary N) is 2. The van der Waals surface area contributed by atoms with Gasteiger partial charge >= 0.3 is 0 Å². The molecule has 0 radical (unpaired) electrons. The highest BCUT2D eigenvalue weighted by Crippen LogP contribution is 2.14. The van der Waals surface area contributed by atoms with E-state index in [1.807, 2.05) is 27.7 Å². The third-order valence-corrected chi connectivity index (χ3v) is 2.21. The van der Waals surface area contributed by atoms with Crippen LogP contribution in [0.3, 0.4) is 0 Å². The van der Waals surface area contributed by atoms with E-state index in [9.17, 15) is 8.42 Å². The van der Waals surface area contributed by atoms with Gasteiger partial charge in [-0.05, 0) is 12.1 Å². The average molecular weight is 486 g/mol. The van der Waals surface area contributed by atoms with Crippen LogP contribution in [0.25, 0.3) is 0 Å². The minimum atomic E-state index is -3.66. The van der Waals surface area contributed by atoms with Gasteiger partial charge in [0.1, 0.15) is 4.90 Å². The van der Waals surface area contributed by atoms with Crippen molar-refractivity contribution in [3.8, 4) is 0 Å². The van der Waals surface area contributed by atoms with E-state index in [1.165, 1.54) is 12.1 Å². The molecule has 4 nitrogen and oxygen atoms in total. The number of primary sulfonamides is 1. The molecule has 0 amide bonds. The molecule has 0 atom stereocenters. The van der Waals surface area contributed by atoms with Crippen LogP contribution in [0.15, 0.2) is 29.2 Å². The lowest BCUT2D eigenvalue weighted by molar-refractivity contribution is 0.598. The van der Waals surface area contributed by atoms with Crippen molar-refractivity contribution >= 4 is 52.9 Å². The smallest absolute Gasteiger partial charge is 0.240 e. The summed E-state index contributed by atoms with van der Waals surface area (Å²) in [7, 11) is -3.66. The Morgan fingerprint density at radius 1 is 1.00 bits per heavy atom. The number of hydrogen-bond donors (Lipinski definition) is 2. The Labute approximate surface area is 128 Å². The number of nitrogen functional groups attached to an aromatic ring is 1. The lowest BCUT2D eigenvalue weighted by Gasteiger charge is -2.00. The van der Waals surface area contributed by atoms with Gasteiger partial charge < -0.3 is 5.73 Å². The van der Waals surface area contributed by atoms with Crippen LogP contribution < -0.4 is 10.9 Å². The number of hydrogen-bond acceptors (Lipinski definition) is 3. The molecule has 0 aliphatic rings. The Kier molecular flexibility index (Phi) is 19.2. The Bertz CT molecular complexity index is 370. The third-order valence-electron chi connectivity index (χ3n) is 1.23.